The predicted molar refractivity (Wildman–Crippen MR) is 125 cm³/mol. The van der Waals surface area contributed by atoms with Gasteiger partial charge in [-0.3, -0.25) is 9.59 Å². The van der Waals surface area contributed by atoms with Crippen molar-refractivity contribution < 1.29 is 14.3 Å². The van der Waals surface area contributed by atoms with E-state index in [0.29, 0.717) is 39.5 Å². The van der Waals surface area contributed by atoms with Crippen molar-refractivity contribution in [2.24, 2.45) is 0 Å². The summed E-state index contributed by atoms with van der Waals surface area (Å²) in [6.45, 7) is 4.39. The zero-order valence-electron chi connectivity index (χ0n) is 18.0. The van der Waals surface area contributed by atoms with E-state index in [1.165, 1.54) is 18.9 Å². The largest absolute Gasteiger partial charge is 0.496 e. The molecule has 3 rings (SSSR count). The van der Waals surface area contributed by atoms with Crippen LogP contribution in [-0.2, 0) is 11.3 Å². The standard InChI is InChI=1S/C22H24ClN5O3S/c1-4-28-20(14(2)24-21(30)17-7-5-6-8-18(17)31-3)26-27-22(28)32-13-19(29)25-16-11-9-15(23)10-12-16/h5-12,14H,4,13H2,1-3H3,(H,24,30)(H,25,29)/t14-/m1/s1. The Labute approximate surface area is 195 Å². The Bertz CT molecular complexity index is 1090. The van der Waals surface area contributed by atoms with Crippen LogP contribution in [0, 0.1) is 0 Å². The van der Waals surface area contributed by atoms with Gasteiger partial charge in [0.25, 0.3) is 5.91 Å². The van der Waals surface area contributed by atoms with E-state index >= 15 is 0 Å². The maximum atomic E-state index is 12.7. The monoisotopic (exact) mass is 473 g/mol. The summed E-state index contributed by atoms with van der Waals surface area (Å²) in [7, 11) is 1.52. The number of hydrogen-bond acceptors (Lipinski definition) is 6. The molecular weight excluding hydrogens is 450 g/mol. The minimum atomic E-state index is -0.392. The fourth-order valence-electron chi connectivity index (χ4n) is 3.06. The molecule has 1 aromatic heterocycles. The molecule has 10 heteroatoms. The Kier molecular flexibility index (Phi) is 8.13. The fourth-order valence-corrected chi connectivity index (χ4v) is 3.99. The minimum absolute atomic E-state index is 0.165. The van der Waals surface area contributed by atoms with Crippen LogP contribution in [-0.4, -0.2) is 39.4 Å². The summed E-state index contributed by atoms with van der Waals surface area (Å²) in [6.07, 6.45) is 0. The highest BCUT2D eigenvalue weighted by Crippen LogP contribution is 2.23. The first-order valence-electron chi connectivity index (χ1n) is 9.98. The number of thioether (sulfide) groups is 1. The van der Waals surface area contributed by atoms with Crippen molar-refractivity contribution in [3.63, 3.8) is 0 Å². The van der Waals surface area contributed by atoms with Gasteiger partial charge in [-0.2, -0.15) is 0 Å². The molecule has 8 nitrogen and oxygen atoms in total. The average molecular weight is 474 g/mol. The van der Waals surface area contributed by atoms with E-state index in [9.17, 15) is 9.59 Å². The van der Waals surface area contributed by atoms with Crippen LogP contribution < -0.4 is 15.4 Å². The molecule has 0 saturated heterocycles. The smallest absolute Gasteiger partial charge is 0.255 e. The van der Waals surface area contributed by atoms with Gasteiger partial charge in [0.15, 0.2) is 11.0 Å². The molecule has 0 spiro atoms. The lowest BCUT2D eigenvalue weighted by Gasteiger charge is -2.16. The van der Waals surface area contributed by atoms with Crippen molar-refractivity contribution >= 4 is 40.9 Å². The van der Waals surface area contributed by atoms with Gasteiger partial charge in [-0.05, 0) is 50.2 Å². The molecule has 0 aliphatic carbocycles. The first kappa shape index (κ1) is 23.6. The van der Waals surface area contributed by atoms with E-state index in [4.69, 9.17) is 16.3 Å². The number of nitrogens with one attached hydrogen (secondary N) is 2. The third-order valence-corrected chi connectivity index (χ3v) is 5.83. The zero-order valence-corrected chi connectivity index (χ0v) is 19.5. The maximum absolute atomic E-state index is 12.7. The number of benzene rings is 2. The number of para-hydroxylation sites is 1. The Morgan fingerprint density at radius 3 is 2.56 bits per heavy atom. The first-order valence-corrected chi connectivity index (χ1v) is 11.3. The Morgan fingerprint density at radius 1 is 1.16 bits per heavy atom. The highest BCUT2D eigenvalue weighted by molar-refractivity contribution is 7.99. The molecule has 1 heterocycles. The fraction of sp³-hybridized carbons (Fsp3) is 0.273. The van der Waals surface area contributed by atoms with E-state index < -0.39 is 6.04 Å². The minimum Gasteiger partial charge on any atom is -0.496 e. The van der Waals surface area contributed by atoms with E-state index in [2.05, 4.69) is 20.8 Å². The molecule has 32 heavy (non-hydrogen) atoms. The lowest BCUT2D eigenvalue weighted by Crippen LogP contribution is -2.29. The van der Waals surface area contributed by atoms with Gasteiger partial charge in [-0.1, -0.05) is 35.5 Å². The Hall–Kier alpha value is -3.04. The van der Waals surface area contributed by atoms with Crippen molar-refractivity contribution in [2.45, 2.75) is 31.6 Å². The Balaban J connectivity index is 1.64. The topological polar surface area (TPSA) is 98.1 Å². The number of anilines is 1. The number of amides is 2. The van der Waals surface area contributed by atoms with Gasteiger partial charge in [-0.15, -0.1) is 10.2 Å². The second kappa shape index (κ2) is 11.0. The van der Waals surface area contributed by atoms with Crippen LogP contribution in [0.15, 0.2) is 53.7 Å². The SMILES string of the molecule is CCn1c(SCC(=O)Nc2ccc(Cl)cc2)nnc1[C@@H](C)NC(=O)c1ccccc1OC. The molecule has 0 radical (unpaired) electrons. The van der Waals surface area contributed by atoms with Gasteiger partial charge >= 0.3 is 0 Å². The van der Waals surface area contributed by atoms with Crippen LogP contribution in [0.4, 0.5) is 5.69 Å². The summed E-state index contributed by atoms with van der Waals surface area (Å²) in [5, 5.41) is 15.4. The molecule has 2 aromatic carbocycles. The van der Waals surface area contributed by atoms with Crippen LogP contribution in [0.25, 0.3) is 0 Å². The first-order chi connectivity index (χ1) is 15.4. The Morgan fingerprint density at radius 2 is 1.88 bits per heavy atom. The van der Waals surface area contributed by atoms with Gasteiger partial charge < -0.3 is 19.9 Å². The number of ether oxygens (including phenoxy) is 1. The van der Waals surface area contributed by atoms with E-state index in [-0.39, 0.29) is 17.6 Å². The number of methoxy groups -OCH3 is 1. The number of nitrogens with zero attached hydrogens (tertiary/aromatic N) is 3. The molecule has 168 valence electrons. The molecule has 1 atom stereocenters. The van der Waals surface area contributed by atoms with Crippen LogP contribution >= 0.6 is 23.4 Å². The number of halogens is 1. The summed E-state index contributed by atoms with van der Waals surface area (Å²) in [6, 6.07) is 13.5. The molecule has 0 bridgehead atoms. The highest BCUT2D eigenvalue weighted by Gasteiger charge is 2.21. The van der Waals surface area contributed by atoms with Crippen molar-refractivity contribution in [2.75, 3.05) is 18.2 Å². The second-order valence-electron chi connectivity index (χ2n) is 6.82. The number of hydrogen-bond donors (Lipinski definition) is 2. The molecule has 0 aliphatic heterocycles. The lowest BCUT2D eigenvalue weighted by atomic mass is 10.1. The summed E-state index contributed by atoms with van der Waals surface area (Å²) >= 11 is 7.15. The molecule has 2 amide bonds. The number of rotatable bonds is 9. The van der Waals surface area contributed by atoms with Crippen molar-refractivity contribution in [1.82, 2.24) is 20.1 Å². The van der Waals surface area contributed by atoms with Crippen LogP contribution in [0.2, 0.25) is 5.02 Å². The van der Waals surface area contributed by atoms with Gasteiger partial charge in [-0.25, -0.2) is 0 Å². The third-order valence-electron chi connectivity index (χ3n) is 4.61. The quantitative estimate of drug-likeness (QED) is 0.452. The highest BCUT2D eigenvalue weighted by atomic mass is 35.5. The van der Waals surface area contributed by atoms with Crippen molar-refractivity contribution in [3.05, 3.63) is 64.9 Å². The van der Waals surface area contributed by atoms with Gasteiger partial charge in [0, 0.05) is 17.3 Å². The number of carbonyl (C=O) groups is 2. The maximum Gasteiger partial charge on any atom is 0.255 e. The third kappa shape index (κ3) is 5.80. The molecule has 0 saturated carbocycles. The summed E-state index contributed by atoms with van der Waals surface area (Å²) in [5.41, 5.74) is 1.11. The molecule has 0 fully saturated rings. The van der Waals surface area contributed by atoms with E-state index in [1.807, 2.05) is 18.4 Å². The molecular formula is C22H24ClN5O3S. The predicted octanol–water partition coefficient (Wildman–Crippen LogP) is 4.18. The van der Waals surface area contributed by atoms with Gasteiger partial charge in [0.2, 0.25) is 5.91 Å². The summed E-state index contributed by atoms with van der Waals surface area (Å²) in [4.78, 5) is 25.0. The molecule has 0 unspecified atom stereocenters. The number of aromatic nitrogens is 3. The van der Waals surface area contributed by atoms with E-state index in [0.717, 1.165) is 0 Å². The van der Waals surface area contributed by atoms with E-state index in [1.54, 1.807) is 48.5 Å². The second-order valence-corrected chi connectivity index (χ2v) is 8.20. The summed E-state index contributed by atoms with van der Waals surface area (Å²) < 4.78 is 7.15. The van der Waals surface area contributed by atoms with Crippen LogP contribution in [0.3, 0.4) is 0 Å². The van der Waals surface area contributed by atoms with Gasteiger partial charge in [0.05, 0.1) is 24.5 Å². The zero-order chi connectivity index (χ0) is 23.1. The van der Waals surface area contributed by atoms with Gasteiger partial charge in [0.1, 0.15) is 5.75 Å². The molecule has 3 aromatic rings. The van der Waals surface area contributed by atoms with Crippen molar-refractivity contribution in [3.8, 4) is 5.75 Å². The molecule has 2 N–H and O–H groups in total. The normalized spacial score (nSPS) is 11.6. The average Bonchev–Trinajstić information content (AvgIpc) is 3.22. The van der Waals surface area contributed by atoms with Crippen LogP contribution in [0.1, 0.15) is 36.1 Å². The van der Waals surface area contributed by atoms with Crippen LogP contribution in [0.5, 0.6) is 5.75 Å². The summed E-state index contributed by atoms with van der Waals surface area (Å²) in [5.74, 6) is 0.843. The molecule has 0 aliphatic rings. The van der Waals surface area contributed by atoms with Crippen molar-refractivity contribution in [1.29, 1.82) is 0 Å². The number of carbonyl (C=O) groups excluding carboxylic acids is 2. The lowest BCUT2D eigenvalue weighted by molar-refractivity contribution is -0.113.